The number of nitrogens with one attached hydrogen (secondary N) is 1. The summed E-state index contributed by atoms with van der Waals surface area (Å²) < 4.78 is 46.7. The normalized spacial score (nSPS) is 13.6. The third-order valence-corrected chi connectivity index (χ3v) is 6.08. The highest BCUT2D eigenvalue weighted by atomic mass is 35.5. The fourth-order valence-corrected chi connectivity index (χ4v) is 3.80. The number of fused-ring (bicyclic) bond motifs is 1. The van der Waals surface area contributed by atoms with Crippen molar-refractivity contribution in [3.8, 4) is 11.1 Å². The van der Waals surface area contributed by atoms with Crippen LogP contribution in [0.3, 0.4) is 0 Å². The molecule has 0 saturated carbocycles. The molecule has 35 heavy (non-hydrogen) atoms. The number of anilines is 1. The molecule has 0 fully saturated rings. The summed E-state index contributed by atoms with van der Waals surface area (Å²) in [7, 11) is 0. The van der Waals surface area contributed by atoms with Crippen LogP contribution in [0, 0.1) is 12.7 Å². The quantitative estimate of drug-likeness (QED) is 0.363. The second-order valence-corrected chi connectivity index (χ2v) is 8.71. The lowest BCUT2D eigenvalue weighted by Gasteiger charge is -2.33. The molecule has 4 aromatic rings. The molecule has 7 nitrogen and oxygen atoms in total. The molecule has 1 amide bonds. The molecular weight excluding hydrogens is 483 g/mol. The number of carbonyl (C=O) groups excluding carboxylic acids is 1. The molecule has 2 heterocycles. The SMILES string of the molecule is Cc1ccc(-c2ccn3nc(N)nc3c2)c(F)c1C(=O)NCC(F)(F)[C@@](C)(O)c1ccc(Cl)cc1. The van der Waals surface area contributed by atoms with Crippen LogP contribution in [0.4, 0.5) is 19.1 Å². The monoisotopic (exact) mass is 503 g/mol. The second-order valence-electron chi connectivity index (χ2n) is 8.27. The zero-order valence-electron chi connectivity index (χ0n) is 18.7. The van der Waals surface area contributed by atoms with Gasteiger partial charge in [-0.15, -0.1) is 5.10 Å². The highest BCUT2D eigenvalue weighted by Crippen LogP contribution is 2.37. The number of nitrogen functional groups attached to an aromatic ring is 1. The van der Waals surface area contributed by atoms with Crippen LogP contribution in [-0.4, -0.2) is 38.1 Å². The number of aliphatic hydroxyl groups is 1. The number of nitrogens with two attached hydrogens (primary N) is 1. The minimum Gasteiger partial charge on any atom is -0.379 e. The lowest BCUT2D eigenvalue weighted by molar-refractivity contribution is -0.173. The number of hydrogen-bond donors (Lipinski definition) is 3. The van der Waals surface area contributed by atoms with Crippen molar-refractivity contribution >= 4 is 29.1 Å². The first-order valence-electron chi connectivity index (χ1n) is 10.5. The summed E-state index contributed by atoms with van der Waals surface area (Å²) in [6.45, 7) is 1.20. The van der Waals surface area contributed by atoms with Crippen molar-refractivity contribution < 1.29 is 23.1 Å². The van der Waals surface area contributed by atoms with Crippen LogP contribution in [-0.2, 0) is 5.60 Å². The fourth-order valence-electron chi connectivity index (χ4n) is 3.68. The standard InChI is InChI=1S/C24H21ClF3N5O2/c1-13-3-8-17(14-9-10-33-18(11-14)31-22(29)32-33)20(26)19(13)21(34)30-12-24(27,28)23(2,35)15-4-6-16(25)7-5-15/h3-11,35H,12H2,1-2H3,(H2,29,32)(H,30,34)/t23-/m0/s1. The number of benzene rings is 2. The molecule has 182 valence electrons. The van der Waals surface area contributed by atoms with Crippen LogP contribution in [0.15, 0.2) is 54.7 Å². The minimum absolute atomic E-state index is 0.0435. The number of hydrogen-bond acceptors (Lipinski definition) is 5. The summed E-state index contributed by atoms with van der Waals surface area (Å²) in [4.78, 5) is 16.8. The van der Waals surface area contributed by atoms with Gasteiger partial charge >= 0.3 is 0 Å². The number of carbonyl (C=O) groups is 1. The smallest absolute Gasteiger partial charge is 0.296 e. The molecule has 2 aromatic heterocycles. The topological polar surface area (TPSA) is 106 Å². The first-order chi connectivity index (χ1) is 16.4. The van der Waals surface area contributed by atoms with E-state index < -0.39 is 29.8 Å². The van der Waals surface area contributed by atoms with Crippen molar-refractivity contribution in [2.45, 2.75) is 25.4 Å². The highest BCUT2D eigenvalue weighted by molar-refractivity contribution is 6.30. The molecule has 0 saturated heterocycles. The van der Waals surface area contributed by atoms with E-state index in [9.17, 15) is 18.7 Å². The van der Waals surface area contributed by atoms with E-state index in [4.69, 9.17) is 17.3 Å². The molecule has 0 radical (unpaired) electrons. The number of aromatic nitrogens is 3. The van der Waals surface area contributed by atoms with Gasteiger partial charge in [-0.1, -0.05) is 35.9 Å². The van der Waals surface area contributed by atoms with E-state index in [1.54, 1.807) is 6.07 Å². The van der Waals surface area contributed by atoms with Gasteiger partial charge in [0, 0.05) is 16.8 Å². The van der Waals surface area contributed by atoms with Crippen molar-refractivity contribution in [2.75, 3.05) is 12.3 Å². The Morgan fingerprint density at radius 3 is 2.57 bits per heavy atom. The van der Waals surface area contributed by atoms with Crippen LogP contribution in [0.1, 0.15) is 28.4 Å². The molecule has 11 heteroatoms. The van der Waals surface area contributed by atoms with Crippen LogP contribution < -0.4 is 11.1 Å². The molecule has 0 spiro atoms. The van der Waals surface area contributed by atoms with Crippen molar-refractivity contribution in [1.29, 1.82) is 0 Å². The highest BCUT2D eigenvalue weighted by Gasteiger charge is 2.50. The summed E-state index contributed by atoms with van der Waals surface area (Å²) in [5.41, 5.74) is 3.59. The number of halogens is 4. The number of alkyl halides is 2. The van der Waals surface area contributed by atoms with Crippen molar-refractivity contribution in [1.82, 2.24) is 19.9 Å². The van der Waals surface area contributed by atoms with Gasteiger partial charge in [0.05, 0.1) is 12.1 Å². The van der Waals surface area contributed by atoms with Gasteiger partial charge in [0.1, 0.15) is 5.82 Å². The van der Waals surface area contributed by atoms with Crippen molar-refractivity contribution in [2.24, 2.45) is 0 Å². The second kappa shape index (κ2) is 8.86. The maximum Gasteiger partial charge on any atom is 0.296 e. The van der Waals surface area contributed by atoms with E-state index in [1.165, 1.54) is 60.1 Å². The summed E-state index contributed by atoms with van der Waals surface area (Å²) in [6, 6.07) is 11.4. The number of rotatable bonds is 6. The van der Waals surface area contributed by atoms with Gasteiger partial charge in [-0.2, -0.15) is 4.98 Å². The Morgan fingerprint density at radius 2 is 1.89 bits per heavy atom. The molecule has 4 rings (SSSR count). The van der Waals surface area contributed by atoms with E-state index in [1.807, 2.05) is 0 Å². The van der Waals surface area contributed by atoms with Crippen LogP contribution in [0.5, 0.6) is 0 Å². The lowest BCUT2D eigenvalue weighted by atomic mass is 9.89. The zero-order valence-corrected chi connectivity index (χ0v) is 19.4. The number of nitrogens with zero attached hydrogens (tertiary/aromatic N) is 3. The number of aryl methyl sites for hydroxylation is 1. The van der Waals surface area contributed by atoms with E-state index in [2.05, 4.69) is 15.4 Å². The number of pyridine rings is 1. The molecule has 0 aliphatic heterocycles. The fraction of sp³-hybridized carbons (Fsp3) is 0.208. The Hall–Kier alpha value is -3.63. The van der Waals surface area contributed by atoms with E-state index >= 15 is 4.39 Å². The first-order valence-corrected chi connectivity index (χ1v) is 10.8. The van der Waals surface area contributed by atoms with Gasteiger partial charge in [0.25, 0.3) is 11.8 Å². The average molecular weight is 504 g/mol. The molecule has 0 aliphatic rings. The van der Waals surface area contributed by atoms with Gasteiger partial charge in [-0.05, 0) is 54.8 Å². The molecule has 0 aliphatic carbocycles. The van der Waals surface area contributed by atoms with Crippen molar-refractivity contribution in [3.05, 3.63) is 82.3 Å². The van der Waals surface area contributed by atoms with Gasteiger partial charge in [0.2, 0.25) is 5.95 Å². The maximum absolute atomic E-state index is 15.5. The predicted molar refractivity (Wildman–Crippen MR) is 126 cm³/mol. The minimum atomic E-state index is -3.78. The Labute approximate surface area is 203 Å². The third-order valence-electron chi connectivity index (χ3n) is 5.83. The predicted octanol–water partition coefficient (Wildman–Crippen LogP) is 4.35. The Bertz CT molecular complexity index is 1420. The largest absolute Gasteiger partial charge is 0.379 e. The van der Waals surface area contributed by atoms with E-state index in [-0.39, 0.29) is 28.2 Å². The Balaban J connectivity index is 1.60. The average Bonchev–Trinajstić information content (AvgIpc) is 3.17. The molecule has 2 aromatic carbocycles. The van der Waals surface area contributed by atoms with Crippen LogP contribution in [0.2, 0.25) is 5.02 Å². The zero-order chi connectivity index (χ0) is 25.5. The molecule has 0 bridgehead atoms. The summed E-state index contributed by atoms with van der Waals surface area (Å²) >= 11 is 5.79. The third kappa shape index (κ3) is 4.54. The maximum atomic E-state index is 15.5. The van der Waals surface area contributed by atoms with E-state index in [0.717, 1.165) is 6.92 Å². The van der Waals surface area contributed by atoms with Gasteiger partial charge in [-0.3, -0.25) is 4.79 Å². The Morgan fingerprint density at radius 1 is 1.20 bits per heavy atom. The molecule has 0 unspecified atom stereocenters. The summed E-state index contributed by atoms with van der Waals surface area (Å²) in [5, 5.41) is 16.9. The Kier molecular flexibility index (Phi) is 6.20. The molecular formula is C24H21ClF3N5O2. The van der Waals surface area contributed by atoms with E-state index in [0.29, 0.717) is 16.2 Å². The summed E-state index contributed by atoms with van der Waals surface area (Å²) in [5.74, 6) is -5.66. The van der Waals surface area contributed by atoms with Crippen molar-refractivity contribution in [3.63, 3.8) is 0 Å². The van der Waals surface area contributed by atoms with Gasteiger partial charge in [0.15, 0.2) is 11.2 Å². The molecule has 4 N–H and O–H groups in total. The number of amides is 1. The summed E-state index contributed by atoms with van der Waals surface area (Å²) in [6.07, 6.45) is 1.53. The lowest BCUT2D eigenvalue weighted by Crippen LogP contribution is -2.50. The molecule has 1 atom stereocenters. The van der Waals surface area contributed by atoms with Gasteiger partial charge < -0.3 is 16.2 Å². The first kappa shape index (κ1) is 24.5. The van der Waals surface area contributed by atoms with Crippen LogP contribution in [0.25, 0.3) is 16.8 Å². The van der Waals surface area contributed by atoms with Gasteiger partial charge in [-0.25, -0.2) is 17.7 Å². The van der Waals surface area contributed by atoms with Crippen LogP contribution >= 0.6 is 11.6 Å².